The summed E-state index contributed by atoms with van der Waals surface area (Å²) < 4.78 is 5.40. The molecule has 11 heteroatoms. The minimum atomic E-state index is -1.06. The highest BCUT2D eigenvalue weighted by Crippen LogP contribution is 2.30. The lowest BCUT2D eigenvalue weighted by Gasteiger charge is -2.28. The Balaban J connectivity index is 1.55. The minimum Gasteiger partial charge on any atom is -0.361 e. The van der Waals surface area contributed by atoms with E-state index in [2.05, 4.69) is 26.0 Å². The van der Waals surface area contributed by atoms with E-state index in [1.54, 1.807) is 6.92 Å². The third kappa shape index (κ3) is 11.2. The number of carbonyl (C=O) groups excluding carboxylic acids is 4. The molecule has 11 nitrogen and oxygen atoms in total. The summed E-state index contributed by atoms with van der Waals surface area (Å²) in [5.74, 6) is -1.15. The Kier molecular flexibility index (Phi) is 13.6. The summed E-state index contributed by atoms with van der Waals surface area (Å²) in [7, 11) is 0. The van der Waals surface area contributed by atoms with Crippen molar-refractivity contribution in [2.75, 3.05) is 6.61 Å². The number of amides is 3. The van der Waals surface area contributed by atoms with Gasteiger partial charge in [0.05, 0.1) is 12.6 Å². The molecule has 0 radical (unpaired) electrons. The monoisotopic (exact) mass is 658 g/mol. The van der Waals surface area contributed by atoms with E-state index in [0.29, 0.717) is 25.4 Å². The smallest absolute Gasteiger partial charge is 0.243 e. The van der Waals surface area contributed by atoms with Gasteiger partial charge in [0, 0.05) is 11.3 Å². The van der Waals surface area contributed by atoms with Crippen molar-refractivity contribution in [3.63, 3.8) is 0 Å². The van der Waals surface area contributed by atoms with Crippen LogP contribution >= 0.6 is 0 Å². The zero-order chi connectivity index (χ0) is 34.5. The average Bonchev–Trinajstić information content (AvgIpc) is 3.84. The van der Waals surface area contributed by atoms with Gasteiger partial charge in [0.15, 0.2) is 5.78 Å². The lowest BCUT2D eigenvalue weighted by molar-refractivity contribution is -0.134. The first-order valence-corrected chi connectivity index (χ1v) is 17.3. The van der Waals surface area contributed by atoms with E-state index in [1.807, 2.05) is 74.5 Å². The Labute approximate surface area is 283 Å². The largest absolute Gasteiger partial charge is 0.361 e. The Hall–Kier alpha value is -4.21. The van der Waals surface area contributed by atoms with Gasteiger partial charge in [-0.2, -0.15) is 0 Å². The number of Topliss-reactive ketones (excluding diaryl/α,β-unsaturated/α-hetero) is 1. The molecule has 0 aromatic heterocycles. The molecular weight excluding hydrogens is 608 g/mol. The Morgan fingerprint density at radius 3 is 1.94 bits per heavy atom. The summed E-state index contributed by atoms with van der Waals surface area (Å²) in [6.07, 6.45) is 7.54. The van der Waals surface area contributed by atoms with Gasteiger partial charge in [0.1, 0.15) is 23.7 Å². The van der Waals surface area contributed by atoms with Gasteiger partial charge < -0.3 is 20.7 Å². The van der Waals surface area contributed by atoms with Crippen molar-refractivity contribution < 1.29 is 23.9 Å². The maximum absolute atomic E-state index is 14.1. The molecule has 1 saturated heterocycles. The highest BCUT2D eigenvalue weighted by atomic mass is 16.6. The molecule has 5 atom stereocenters. The van der Waals surface area contributed by atoms with Crippen molar-refractivity contribution in [1.82, 2.24) is 16.0 Å². The summed E-state index contributed by atoms with van der Waals surface area (Å²) in [4.78, 5) is 57.7. The van der Waals surface area contributed by atoms with Crippen molar-refractivity contribution >= 4 is 23.5 Å². The van der Waals surface area contributed by atoms with Crippen LogP contribution in [-0.2, 0) is 36.8 Å². The number of carbonyl (C=O) groups is 4. The minimum absolute atomic E-state index is 0.128. The van der Waals surface area contributed by atoms with Gasteiger partial charge >= 0.3 is 0 Å². The Morgan fingerprint density at radius 1 is 0.833 bits per heavy atom. The predicted molar refractivity (Wildman–Crippen MR) is 184 cm³/mol. The van der Waals surface area contributed by atoms with Crippen LogP contribution < -0.4 is 16.0 Å². The van der Waals surface area contributed by atoms with Crippen LogP contribution in [0.5, 0.6) is 0 Å². The average molecular weight is 659 g/mol. The zero-order valence-corrected chi connectivity index (χ0v) is 28.4. The molecular formula is C37H50N6O5. The first kappa shape index (κ1) is 36.6. The molecule has 2 aromatic rings. The molecule has 1 aliphatic heterocycles. The fourth-order valence-corrected chi connectivity index (χ4v) is 6.43. The summed E-state index contributed by atoms with van der Waals surface area (Å²) in [5, 5.41) is 12.5. The first-order chi connectivity index (χ1) is 23.1. The van der Waals surface area contributed by atoms with Crippen LogP contribution in [0.3, 0.4) is 0 Å². The van der Waals surface area contributed by atoms with E-state index in [9.17, 15) is 24.7 Å². The van der Waals surface area contributed by atoms with E-state index in [4.69, 9.17) is 4.74 Å². The Morgan fingerprint density at radius 2 is 1.38 bits per heavy atom. The van der Waals surface area contributed by atoms with Gasteiger partial charge in [-0.25, -0.2) is 0 Å². The summed E-state index contributed by atoms with van der Waals surface area (Å²) >= 11 is 0. The fourth-order valence-electron chi connectivity index (χ4n) is 6.43. The molecule has 0 unspecified atom stereocenters. The predicted octanol–water partition coefficient (Wildman–Crippen LogP) is 5.37. The van der Waals surface area contributed by atoms with Crippen LogP contribution in [0.15, 0.2) is 65.8 Å². The van der Waals surface area contributed by atoms with Crippen molar-refractivity contribution in [3.05, 3.63) is 82.2 Å². The number of nitrogens with zero attached hydrogens (tertiary/aromatic N) is 3. The second kappa shape index (κ2) is 17.8. The molecule has 0 spiro atoms. The molecule has 258 valence electrons. The molecule has 0 bridgehead atoms. The molecule has 3 amide bonds. The molecule has 3 N–H and O–H groups in total. The Bertz CT molecular complexity index is 1420. The van der Waals surface area contributed by atoms with Crippen molar-refractivity contribution in [2.24, 2.45) is 17.0 Å². The van der Waals surface area contributed by atoms with E-state index in [1.165, 1.54) is 6.42 Å². The SMILES string of the molecule is CC(C)C[C@H](NC(=O)[C@H](Cc1ccccc1)NC(=O)[C@H](CCC1CCCCC1)NC(=O)[C@H](Cc1ccccc1)N=[N+]=[N-])C(=O)[C@@]1(C)CO1. The standard InChI is InChI=1S/C37H50N6O5/c1-25(2)21-30(33(44)37(3)24-48-37)40-35(46)31(22-27-15-9-5-10-16-27)41-34(45)29(20-19-26-13-7-4-8-14-26)39-36(47)32(42-43-38)23-28-17-11-6-12-18-28/h5-6,9-12,15-18,25-26,29-32H,4,7-8,13-14,19-24H2,1-3H3,(H,39,47)(H,40,46)(H,41,45)/t29-,30-,31-,32-,37+/m0/s1. The molecule has 48 heavy (non-hydrogen) atoms. The highest BCUT2D eigenvalue weighted by Gasteiger charge is 2.50. The second-order valence-electron chi connectivity index (χ2n) is 13.9. The molecule has 1 heterocycles. The quantitative estimate of drug-likeness (QED) is 0.0847. The molecule has 1 aliphatic carbocycles. The van der Waals surface area contributed by atoms with Crippen LogP contribution in [0.25, 0.3) is 10.4 Å². The first-order valence-electron chi connectivity index (χ1n) is 17.3. The van der Waals surface area contributed by atoms with E-state index in [0.717, 1.165) is 43.2 Å². The van der Waals surface area contributed by atoms with Gasteiger partial charge in [0.2, 0.25) is 17.7 Å². The lowest BCUT2D eigenvalue weighted by atomic mass is 9.85. The fraction of sp³-hybridized carbons (Fsp3) is 0.568. The molecule has 2 aromatic carbocycles. The van der Waals surface area contributed by atoms with Crippen LogP contribution in [0.1, 0.15) is 83.3 Å². The van der Waals surface area contributed by atoms with Gasteiger partial charge in [-0.15, -0.1) is 0 Å². The number of ether oxygens (including phenoxy) is 1. The maximum Gasteiger partial charge on any atom is 0.243 e. The molecule has 2 aliphatic rings. The number of hydrogen-bond donors (Lipinski definition) is 3. The van der Waals surface area contributed by atoms with E-state index >= 15 is 0 Å². The van der Waals surface area contributed by atoms with E-state index < -0.39 is 47.5 Å². The summed E-state index contributed by atoms with van der Waals surface area (Å²) in [5.41, 5.74) is 9.98. The third-order valence-electron chi connectivity index (χ3n) is 9.34. The molecule has 1 saturated carbocycles. The van der Waals surface area contributed by atoms with Gasteiger partial charge in [-0.3, -0.25) is 19.2 Å². The van der Waals surface area contributed by atoms with Crippen LogP contribution in [-0.4, -0.2) is 59.9 Å². The molecule has 2 fully saturated rings. The maximum atomic E-state index is 14.1. The van der Waals surface area contributed by atoms with Crippen molar-refractivity contribution in [3.8, 4) is 0 Å². The number of rotatable bonds is 18. The van der Waals surface area contributed by atoms with E-state index in [-0.39, 0.29) is 24.5 Å². The van der Waals surface area contributed by atoms with Crippen LogP contribution in [0, 0.1) is 11.8 Å². The topological polar surface area (TPSA) is 166 Å². The number of epoxide rings is 1. The van der Waals surface area contributed by atoms with Gasteiger partial charge in [0.25, 0.3) is 0 Å². The lowest BCUT2D eigenvalue weighted by Crippen LogP contribution is -2.58. The van der Waals surface area contributed by atoms with Crippen LogP contribution in [0.2, 0.25) is 0 Å². The normalized spacial score (nSPS) is 20.0. The van der Waals surface area contributed by atoms with Crippen molar-refractivity contribution in [2.45, 2.75) is 115 Å². The second-order valence-corrected chi connectivity index (χ2v) is 13.9. The number of hydrogen-bond acceptors (Lipinski definition) is 6. The number of nitrogens with one attached hydrogen (secondary N) is 3. The highest BCUT2D eigenvalue weighted by molar-refractivity contribution is 5.98. The zero-order valence-electron chi connectivity index (χ0n) is 28.4. The third-order valence-corrected chi connectivity index (χ3v) is 9.34. The molecule has 4 rings (SSSR count). The number of azide groups is 1. The van der Waals surface area contributed by atoms with Crippen LogP contribution in [0.4, 0.5) is 0 Å². The summed E-state index contributed by atoms with van der Waals surface area (Å²) in [6, 6.07) is 14.8. The van der Waals surface area contributed by atoms with Crippen molar-refractivity contribution in [1.29, 1.82) is 0 Å². The van der Waals surface area contributed by atoms with Gasteiger partial charge in [-0.1, -0.05) is 112 Å². The number of ketones is 1. The summed E-state index contributed by atoms with van der Waals surface area (Å²) in [6.45, 7) is 5.99. The number of benzene rings is 2. The van der Waals surface area contributed by atoms with Gasteiger partial charge in [-0.05, 0) is 61.1 Å².